The van der Waals surface area contributed by atoms with E-state index in [0.29, 0.717) is 18.5 Å². The number of hydrogen-bond donors (Lipinski definition) is 1. The molecule has 2 N–H and O–H groups in total. The molecule has 3 atom stereocenters. The second-order valence-corrected chi connectivity index (χ2v) is 6.86. The van der Waals surface area contributed by atoms with Gasteiger partial charge in [-0.2, -0.15) is 0 Å². The Kier molecular flexibility index (Phi) is 3.92. The summed E-state index contributed by atoms with van der Waals surface area (Å²) in [7, 11) is 0. The van der Waals surface area contributed by atoms with Crippen LogP contribution >= 0.6 is 15.9 Å². The lowest BCUT2D eigenvalue weighted by molar-refractivity contribution is 0.259. The SMILES string of the molecule is NC1CCCC2CN(Cc3ccc(Br)cc3F)CC12. The van der Waals surface area contributed by atoms with E-state index in [-0.39, 0.29) is 5.82 Å². The first kappa shape index (κ1) is 13.5. The van der Waals surface area contributed by atoms with E-state index in [1.165, 1.54) is 12.8 Å². The molecule has 0 radical (unpaired) electrons. The third-order valence-electron chi connectivity index (χ3n) is 4.64. The van der Waals surface area contributed by atoms with Crippen molar-refractivity contribution in [3.8, 4) is 0 Å². The first-order chi connectivity index (χ1) is 9.13. The van der Waals surface area contributed by atoms with Crippen molar-refractivity contribution >= 4 is 15.9 Å². The van der Waals surface area contributed by atoms with Crippen LogP contribution in [0.4, 0.5) is 4.39 Å². The fourth-order valence-electron chi connectivity index (χ4n) is 3.63. The topological polar surface area (TPSA) is 29.3 Å². The third-order valence-corrected chi connectivity index (χ3v) is 5.13. The highest BCUT2D eigenvalue weighted by Crippen LogP contribution is 2.36. The molecule has 2 nitrogen and oxygen atoms in total. The van der Waals surface area contributed by atoms with Crippen LogP contribution in [0.15, 0.2) is 22.7 Å². The number of hydrogen-bond acceptors (Lipinski definition) is 2. The van der Waals surface area contributed by atoms with Crippen molar-refractivity contribution in [2.75, 3.05) is 13.1 Å². The van der Waals surface area contributed by atoms with Crippen LogP contribution < -0.4 is 5.73 Å². The molecule has 1 aromatic rings. The quantitative estimate of drug-likeness (QED) is 0.904. The van der Waals surface area contributed by atoms with Crippen LogP contribution in [0.2, 0.25) is 0 Å². The van der Waals surface area contributed by atoms with Crippen molar-refractivity contribution in [3.05, 3.63) is 34.1 Å². The molecule has 1 heterocycles. The summed E-state index contributed by atoms with van der Waals surface area (Å²) in [6, 6.07) is 5.68. The Balaban J connectivity index is 1.68. The van der Waals surface area contributed by atoms with Gasteiger partial charge in [-0.05, 0) is 36.8 Å². The predicted molar refractivity (Wildman–Crippen MR) is 78.2 cm³/mol. The average Bonchev–Trinajstić information content (AvgIpc) is 2.77. The van der Waals surface area contributed by atoms with Crippen molar-refractivity contribution in [2.24, 2.45) is 17.6 Å². The van der Waals surface area contributed by atoms with Crippen LogP contribution in [0.5, 0.6) is 0 Å². The summed E-state index contributed by atoms with van der Waals surface area (Å²) in [5.74, 6) is 1.23. The van der Waals surface area contributed by atoms with Gasteiger partial charge in [0.2, 0.25) is 0 Å². The summed E-state index contributed by atoms with van der Waals surface area (Å²) in [5.41, 5.74) is 7.01. The zero-order valence-electron chi connectivity index (χ0n) is 11.0. The molecule has 2 aliphatic rings. The molecule has 0 spiro atoms. The largest absolute Gasteiger partial charge is 0.327 e. The molecule has 0 aromatic heterocycles. The normalized spacial score (nSPS) is 31.4. The van der Waals surface area contributed by atoms with E-state index >= 15 is 0 Å². The molecule has 3 unspecified atom stereocenters. The summed E-state index contributed by atoms with van der Waals surface area (Å²) in [4.78, 5) is 2.37. The molecule has 0 amide bonds. The minimum atomic E-state index is -0.117. The van der Waals surface area contributed by atoms with Crippen molar-refractivity contribution < 1.29 is 4.39 Å². The molecule has 1 saturated heterocycles. The fourth-order valence-corrected chi connectivity index (χ4v) is 3.96. The summed E-state index contributed by atoms with van der Waals surface area (Å²) in [5, 5.41) is 0. The highest BCUT2D eigenvalue weighted by Gasteiger charge is 2.38. The third kappa shape index (κ3) is 2.86. The Morgan fingerprint density at radius 2 is 2.16 bits per heavy atom. The van der Waals surface area contributed by atoms with Crippen LogP contribution in [-0.2, 0) is 6.54 Å². The predicted octanol–water partition coefficient (Wildman–Crippen LogP) is 3.15. The summed E-state index contributed by atoms with van der Waals surface area (Å²) < 4.78 is 14.7. The second-order valence-electron chi connectivity index (χ2n) is 5.95. The van der Waals surface area contributed by atoms with Gasteiger partial charge in [0.25, 0.3) is 0 Å². The molecule has 1 aromatic carbocycles. The van der Waals surface area contributed by atoms with Gasteiger partial charge in [-0.15, -0.1) is 0 Å². The highest BCUT2D eigenvalue weighted by molar-refractivity contribution is 9.10. The van der Waals surface area contributed by atoms with Gasteiger partial charge in [-0.3, -0.25) is 4.90 Å². The number of halogens is 2. The van der Waals surface area contributed by atoms with E-state index in [1.807, 2.05) is 12.1 Å². The first-order valence-electron chi connectivity index (χ1n) is 7.05. The van der Waals surface area contributed by atoms with E-state index in [4.69, 9.17) is 5.73 Å². The van der Waals surface area contributed by atoms with Gasteiger partial charge < -0.3 is 5.73 Å². The number of nitrogens with zero attached hydrogens (tertiary/aromatic N) is 1. The van der Waals surface area contributed by atoms with Gasteiger partial charge in [0.1, 0.15) is 5.82 Å². The number of likely N-dealkylation sites (tertiary alicyclic amines) is 1. The molecule has 4 heteroatoms. The summed E-state index contributed by atoms with van der Waals surface area (Å²) in [6.07, 6.45) is 3.70. The monoisotopic (exact) mass is 326 g/mol. The Morgan fingerprint density at radius 3 is 2.89 bits per heavy atom. The average molecular weight is 327 g/mol. The molecule has 104 valence electrons. The van der Waals surface area contributed by atoms with Gasteiger partial charge in [0.15, 0.2) is 0 Å². The molecule has 1 aliphatic heterocycles. The van der Waals surface area contributed by atoms with Crippen LogP contribution in [0.25, 0.3) is 0 Å². The fraction of sp³-hybridized carbons (Fsp3) is 0.600. The zero-order chi connectivity index (χ0) is 13.4. The van der Waals surface area contributed by atoms with E-state index in [0.717, 1.165) is 35.5 Å². The van der Waals surface area contributed by atoms with Gasteiger partial charge in [-0.25, -0.2) is 4.39 Å². The maximum Gasteiger partial charge on any atom is 0.128 e. The zero-order valence-corrected chi connectivity index (χ0v) is 12.6. The second kappa shape index (κ2) is 5.51. The minimum Gasteiger partial charge on any atom is -0.327 e. The maximum atomic E-state index is 13.9. The van der Waals surface area contributed by atoms with E-state index in [2.05, 4.69) is 20.8 Å². The van der Waals surface area contributed by atoms with Crippen molar-refractivity contribution in [2.45, 2.75) is 31.8 Å². The van der Waals surface area contributed by atoms with Crippen LogP contribution in [0, 0.1) is 17.7 Å². The summed E-state index contributed by atoms with van der Waals surface area (Å²) in [6.45, 7) is 2.81. The molecule has 1 aliphatic carbocycles. The molecule has 0 bridgehead atoms. The molecule has 19 heavy (non-hydrogen) atoms. The lowest BCUT2D eigenvalue weighted by atomic mass is 9.78. The first-order valence-corrected chi connectivity index (χ1v) is 7.84. The van der Waals surface area contributed by atoms with Crippen molar-refractivity contribution in [1.29, 1.82) is 0 Å². The van der Waals surface area contributed by atoms with E-state index in [1.54, 1.807) is 6.07 Å². The molecule has 2 fully saturated rings. The minimum absolute atomic E-state index is 0.117. The van der Waals surface area contributed by atoms with Crippen LogP contribution in [0.3, 0.4) is 0 Å². The van der Waals surface area contributed by atoms with Gasteiger partial charge >= 0.3 is 0 Å². The number of benzene rings is 1. The molecule has 3 rings (SSSR count). The lowest BCUT2D eigenvalue weighted by Gasteiger charge is -2.29. The van der Waals surface area contributed by atoms with E-state index in [9.17, 15) is 4.39 Å². The summed E-state index contributed by atoms with van der Waals surface area (Å²) >= 11 is 3.30. The van der Waals surface area contributed by atoms with Gasteiger partial charge in [0.05, 0.1) is 0 Å². The standard InChI is InChI=1S/C15H20BrFN2/c16-12-5-4-11(14(17)6-12)8-19-7-10-2-1-3-15(18)13(10)9-19/h4-6,10,13,15H,1-3,7-9,18H2. The van der Waals surface area contributed by atoms with Crippen LogP contribution in [0.1, 0.15) is 24.8 Å². The molecular weight excluding hydrogens is 307 g/mol. The Bertz CT molecular complexity index is 465. The number of fused-ring (bicyclic) bond motifs is 1. The Labute approximate surface area is 122 Å². The van der Waals surface area contributed by atoms with Crippen molar-refractivity contribution in [3.63, 3.8) is 0 Å². The molecule has 1 saturated carbocycles. The van der Waals surface area contributed by atoms with Gasteiger partial charge in [0, 0.05) is 35.7 Å². The van der Waals surface area contributed by atoms with Gasteiger partial charge in [-0.1, -0.05) is 28.4 Å². The Morgan fingerprint density at radius 1 is 1.32 bits per heavy atom. The number of rotatable bonds is 2. The van der Waals surface area contributed by atoms with Crippen LogP contribution in [-0.4, -0.2) is 24.0 Å². The Hall–Kier alpha value is -0.450. The highest BCUT2D eigenvalue weighted by atomic mass is 79.9. The number of nitrogens with two attached hydrogens (primary N) is 1. The molecular formula is C15H20BrFN2. The smallest absolute Gasteiger partial charge is 0.128 e. The van der Waals surface area contributed by atoms with Crippen molar-refractivity contribution in [1.82, 2.24) is 4.90 Å². The van der Waals surface area contributed by atoms with E-state index < -0.39 is 0 Å². The lowest BCUT2D eigenvalue weighted by Crippen LogP contribution is -2.38. The maximum absolute atomic E-state index is 13.9.